The third kappa shape index (κ3) is 33.4. The van der Waals surface area contributed by atoms with Crippen LogP contribution in [0.5, 0.6) is 0 Å². The zero-order valence-electron chi connectivity index (χ0n) is 33.7. The van der Waals surface area contributed by atoms with E-state index in [9.17, 15) is 33.6 Å². The van der Waals surface area contributed by atoms with Crippen molar-refractivity contribution in [2.75, 3.05) is 26.2 Å². The van der Waals surface area contributed by atoms with Crippen LogP contribution in [0, 0.1) is 5.92 Å². The van der Waals surface area contributed by atoms with Gasteiger partial charge in [-0.05, 0) is 68.7 Å². The molecule has 22 heteroatoms. The van der Waals surface area contributed by atoms with Crippen molar-refractivity contribution >= 4 is 41.8 Å². The summed E-state index contributed by atoms with van der Waals surface area (Å²) in [5.74, 6) is -6.41. The third-order valence-electron chi connectivity index (χ3n) is 7.64. The quantitative estimate of drug-likeness (QED) is 0.108. The van der Waals surface area contributed by atoms with Crippen molar-refractivity contribution < 1.29 is 74.4 Å². The number of nitrogens with two attached hydrogens (primary N) is 5. The number of hydrogen-bond donors (Lipinski definition) is 15. The summed E-state index contributed by atoms with van der Waals surface area (Å²) in [7, 11) is 0. The Balaban J connectivity index is -0.000000643. The van der Waals surface area contributed by atoms with Gasteiger partial charge >= 0.3 is 41.8 Å². The van der Waals surface area contributed by atoms with E-state index in [-0.39, 0.29) is 24.5 Å². The van der Waals surface area contributed by atoms with E-state index in [1.165, 1.54) is 0 Å². The summed E-state index contributed by atoms with van der Waals surface area (Å²) in [6.45, 7) is 4.49. The maximum atomic E-state index is 10.4. The van der Waals surface area contributed by atoms with Crippen LogP contribution < -0.4 is 39.3 Å². The highest BCUT2D eigenvalue weighted by molar-refractivity contribution is 5.75. The van der Waals surface area contributed by atoms with Crippen molar-refractivity contribution in [1.82, 2.24) is 10.6 Å². The highest BCUT2D eigenvalue weighted by Gasteiger charge is 2.21. The molecule has 0 amide bonds. The summed E-state index contributed by atoms with van der Waals surface area (Å²) in [4.78, 5) is 69.9. The first-order chi connectivity index (χ1) is 28.0. The molecule has 2 aliphatic heterocycles. The Labute approximate surface area is 347 Å². The average Bonchev–Trinajstić information content (AvgIpc) is 3.96. The number of hydrogen-bond acceptors (Lipinski definition) is 15. The van der Waals surface area contributed by atoms with Crippen LogP contribution in [-0.2, 0) is 46.4 Å². The molecule has 22 nitrogen and oxygen atoms in total. The number of carbonyl (C=O) groups is 7. The van der Waals surface area contributed by atoms with E-state index in [1.807, 2.05) is 60.7 Å². The van der Waals surface area contributed by atoms with Gasteiger partial charge in [0.15, 0.2) is 0 Å². The number of carboxylic acid groups (broad SMARTS) is 7. The van der Waals surface area contributed by atoms with Gasteiger partial charge in [0.25, 0.3) is 0 Å². The summed E-state index contributed by atoms with van der Waals surface area (Å²) in [6, 6.07) is 14.7. The Morgan fingerprint density at radius 1 is 0.583 bits per heavy atom. The standard InChI is InChI=1S/2C9H11NO2.2C5H9NO2.C5H11NO2.C3H7NO3.C2H5NO2/c2*10-8(9(11)12)6-7-4-2-1-3-5-7;2*7-5(8)4-2-1-3-6-4;1-3(2)4(6)5(7)8;4-2(1-5)3(6)7;3-1-2(4)5/h2*1-5,8H,6,10H2,(H,11,12);2*4,6H,1-3H2,(H,7,8);3-4H,6H2,1-2H3,(H,7,8);2,5H,1,4H2,(H,6,7);1,3H2,(H,4,5)/t;;2*4-;;;/m..00.../s1. The molecule has 0 saturated carbocycles. The van der Waals surface area contributed by atoms with Crippen LogP contribution in [0.1, 0.15) is 50.7 Å². The normalized spacial score (nSPS) is 16.6. The smallest absolute Gasteiger partial charge is 0.322 e. The van der Waals surface area contributed by atoms with Crippen LogP contribution in [0.3, 0.4) is 0 Å². The number of aliphatic hydroxyl groups excluding tert-OH is 1. The van der Waals surface area contributed by atoms with E-state index in [0.717, 1.165) is 49.9 Å². The molecule has 0 radical (unpaired) electrons. The van der Waals surface area contributed by atoms with Gasteiger partial charge in [-0.15, -0.1) is 0 Å². The molecule has 2 aromatic rings. The first kappa shape index (κ1) is 58.7. The Morgan fingerprint density at radius 3 is 1.03 bits per heavy atom. The van der Waals surface area contributed by atoms with Gasteiger partial charge in [0.05, 0.1) is 13.2 Å². The molecular formula is C38H63N7O15. The van der Waals surface area contributed by atoms with E-state index in [4.69, 9.17) is 63.8 Å². The number of nitrogens with one attached hydrogen (secondary N) is 2. The zero-order valence-corrected chi connectivity index (χ0v) is 33.7. The van der Waals surface area contributed by atoms with Gasteiger partial charge in [-0.1, -0.05) is 74.5 Å². The Kier molecular flexibility index (Phi) is 34.6. The lowest BCUT2D eigenvalue weighted by molar-refractivity contribution is -0.140. The molecule has 2 fully saturated rings. The molecule has 2 aliphatic rings. The molecule has 0 aromatic heterocycles. The molecule has 4 unspecified atom stereocenters. The molecule has 20 N–H and O–H groups in total. The zero-order chi connectivity index (χ0) is 46.8. The van der Waals surface area contributed by atoms with Crippen molar-refractivity contribution in [3.8, 4) is 0 Å². The van der Waals surface area contributed by atoms with Crippen molar-refractivity contribution in [2.45, 2.75) is 88.6 Å². The monoisotopic (exact) mass is 857 g/mol. The van der Waals surface area contributed by atoms with Gasteiger partial charge in [-0.25, -0.2) is 0 Å². The molecule has 0 bridgehead atoms. The first-order valence-electron chi connectivity index (χ1n) is 18.5. The minimum Gasteiger partial charge on any atom is -0.480 e. The topological polar surface area (TPSA) is 435 Å². The molecule has 2 aromatic carbocycles. The predicted octanol–water partition coefficient (Wildman–Crippen LogP) is -1.60. The number of benzene rings is 2. The SMILES string of the molecule is CC(C)C(N)C(=O)O.NC(CO)C(=O)O.NC(Cc1ccccc1)C(=O)O.NC(Cc1ccccc1)C(=O)O.NCC(=O)O.O=C(O)[C@@H]1CCCN1.O=C(O)[C@@H]1CCCN1. The average molecular weight is 858 g/mol. The van der Waals surface area contributed by atoms with E-state index in [2.05, 4.69) is 16.4 Å². The second kappa shape index (κ2) is 35.4. The van der Waals surface area contributed by atoms with E-state index >= 15 is 0 Å². The van der Waals surface area contributed by atoms with E-state index in [1.54, 1.807) is 13.8 Å². The molecule has 2 heterocycles. The van der Waals surface area contributed by atoms with Gasteiger partial charge in [-0.2, -0.15) is 0 Å². The number of carboxylic acids is 7. The Bertz CT molecular complexity index is 1410. The van der Waals surface area contributed by atoms with Crippen LogP contribution in [0.2, 0.25) is 0 Å². The van der Waals surface area contributed by atoms with Crippen LogP contribution in [0.25, 0.3) is 0 Å². The van der Waals surface area contributed by atoms with Crippen LogP contribution >= 0.6 is 0 Å². The summed E-state index contributed by atoms with van der Waals surface area (Å²) in [6.07, 6.45) is 4.34. The third-order valence-corrected chi connectivity index (χ3v) is 7.64. The minimum atomic E-state index is -1.18. The predicted molar refractivity (Wildman–Crippen MR) is 219 cm³/mol. The summed E-state index contributed by atoms with van der Waals surface area (Å²) in [5.41, 5.74) is 27.1. The summed E-state index contributed by atoms with van der Waals surface area (Å²) in [5, 5.41) is 71.2. The van der Waals surface area contributed by atoms with Gasteiger partial charge in [0.2, 0.25) is 0 Å². The second-order valence-corrected chi connectivity index (χ2v) is 13.1. The van der Waals surface area contributed by atoms with Crippen molar-refractivity contribution in [2.24, 2.45) is 34.6 Å². The lowest BCUT2D eigenvalue weighted by Gasteiger charge is -2.07. The van der Waals surface area contributed by atoms with Crippen molar-refractivity contribution in [3.63, 3.8) is 0 Å². The number of aliphatic hydroxyl groups is 1. The number of rotatable bonds is 13. The Hall–Kier alpha value is -5.59. The molecule has 2 saturated heterocycles. The van der Waals surface area contributed by atoms with E-state index in [0.29, 0.717) is 12.8 Å². The van der Waals surface area contributed by atoms with Crippen LogP contribution in [-0.4, -0.2) is 145 Å². The highest BCUT2D eigenvalue weighted by Crippen LogP contribution is 2.05. The Morgan fingerprint density at radius 2 is 0.900 bits per heavy atom. The molecule has 0 aliphatic carbocycles. The molecule has 4 rings (SSSR count). The maximum Gasteiger partial charge on any atom is 0.322 e. The maximum absolute atomic E-state index is 10.4. The van der Waals surface area contributed by atoms with Gasteiger partial charge < -0.3 is 80.2 Å². The number of aliphatic carboxylic acids is 7. The fraction of sp³-hybridized carbons (Fsp3) is 0.500. The molecule has 6 atom stereocenters. The fourth-order valence-electron chi connectivity index (χ4n) is 4.06. The fourth-order valence-corrected chi connectivity index (χ4v) is 4.06. The molecule has 0 spiro atoms. The molecular weight excluding hydrogens is 794 g/mol. The minimum absolute atomic E-state index is 0.0208. The summed E-state index contributed by atoms with van der Waals surface area (Å²) < 4.78 is 0. The van der Waals surface area contributed by atoms with Crippen LogP contribution in [0.15, 0.2) is 60.7 Å². The van der Waals surface area contributed by atoms with Crippen molar-refractivity contribution in [1.29, 1.82) is 0 Å². The second-order valence-electron chi connectivity index (χ2n) is 13.1. The van der Waals surface area contributed by atoms with Gasteiger partial charge in [-0.3, -0.25) is 33.6 Å². The highest BCUT2D eigenvalue weighted by atomic mass is 16.4. The molecule has 60 heavy (non-hydrogen) atoms. The first-order valence-corrected chi connectivity index (χ1v) is 18.5. The van der Waals surface area contributed by atoms with Crippen LogP contribution in [0.4, 0.5) is 0 Å². The van der Waals surface area contributed by atoms with E-state index < -0.39 is 72.6 Å². The van der Waals surface area contributed by atoms with Gasteiger partial charge in [0.1, 0.15) is 36.3 Å². The lowest BCUT2D eigenvalue weighted by Crippen LogP contribution is -2.34. The van der Waals surface area contributed by atoms with Crippen molar-refractivity contribution in [3.05, 3.63) is 71.8 Å². The summed E-state index contributed by atoms with van der Waals surface area (Å²) >= 11 is 0. The van der Waals surface area contributed by atoms with Gasteiger partial charge in [0, 0.05) is 0 Å². The lowest BCUT2D eigenvalue weighted by atomic mass is 10.1. The molecule has 340 valence electrons. The largest absolute Gasteiger partial charge is 0.480 e.